The van der Waals surface area contributed by atoms with Crippen LogP contribution >= 0.6 is 0 Å². The van der Waals surface area contributed by atoms with Gasteiger partial charge < -0.3 is 20.4 Å². The fourth-order valence-corrected chi connectivity index (χ4v) is 1.24. The van der Waals surface area contributed by atoms with E-state index in [9.17, 15) is 19.2 Å². The molecule has 0 saturated heterocycles. The van der Waals surface area contributed by atoms with Crippen molar-refractivity contribution in [3.63, 3.8) is 0 Å². The van der Waals surface area contributed by atoms with E-state index in [0.717, 1.165) is 0 Å². The minimum Gasteiger partial charge on any atom is -0.481 e. The quantitative estimate of drug-likeness (QED) is 0.445. The maximum Gasteiger partial charge on any atom is 0.306 e. The van der Waals surface area contributed by atoms with Crippen LogP contribution in [0.1, 0.15) is 51.9 Å². The predicted molar refractivity (Wildman–Crippen MR) is 72.0 cm³/mol. The van der Waals surface area contributed by atoms with Gasteiger partial charge in [-0.15, -0.1) is 0 Å². The lowest BCUT2D eigenvalue weighted by molar-refractivity contribution is -0.142. The Balaban J connectivity index is 0. The summed E-state index contributed by atoms with van der Waals surface area (Å²) in [6, 6.07) is 0. The molecule has 0 aromatic rings. The van der Waals surface area contributed by atoms with Gasteiger partial charge in [0.15, 0.2) is 0 Å². The lowest BCUT2D eigenvalue weighted by Crippen LogP contribution is -2.09. The Morgan fingerprint density at radius 3 is 1.33 bits per heavy atom. The molecule has 0 radical (unpaired) electrons. The molecule has 4 N–H and O–H groups in total. The van der Waals surface area contributed by atoms with Crippen LogP contribution in [0.15, 0.2) is 0 Å². The van der Waals surface area contributed by atoms with Crippen LogP contribution in [0, 0.1) is 5.92 Å². The Kier molecular flexibility index (Phi) is 13.0. The zero-order chi connectivity index (χ0) is 16.8. The molecule has 0 amide bonds. The second-order valence-electron chi connectivity index (χ2n) is 4.52. The van der Waals surface area contributed by atoms with E-state index in [-0.39, 0.29) is 19.3 Å². The molecule has 0 rings (SSSR count). The van der Waals surface area contributed by atoms with Crippen LogP contribution in [0.3, 0.4) is 0 Å². The van der Waals surface area contributed by atoms with Gasteiger partial charge in [0.1, 0.15) is 0 Å². The van der Waals surface area contributed by atoms with Gasteiger partial charge in [-0.2, -0.15) is 0 Å². The van der Waals surface area contributed by atoms with Gasteiger partial charge in [0.25, 0.3) is 0 Å². The van der Waals surface area contributed by atoms with E-state index >= 15 is 0 Å². The van der Waals surface area contributed by atoms with Crippen molar-refractivity contribution in [1.82, 2.24) is 0 Å². The van der Waals surface area contributed by atoms with Crippen LogP contribution in [0.25, 0.3) is 0 Å². The number of aliphatic carboxylic acids is 4. The van der Waals surface area contributed by atoms with Crippen molar-refractivity contribution in [2.24, 2.45) is 5.92 Å². The summed E-state index contributed by atoms with van der Waals surface area (Å²) in [5, 5.41) is 32.9. The fourth-order valence-electron chi connectivity index (χ4n) is 1.24. The Labute approximate surface area is 122 Å². The van der Waals surface area contributed by atoms with Crippen molar-refractivity contribution < 1.29 is 39.6 Å². The summed E-state index contributed by atoms with van der Waals surface area (Å²) in [7, 11) is 0. The first kappa shape index (κ1) is 21.2. The third-order valence-corrected chi connectivity index (χ3v) is 2.48. The third kappa shape index (κ3) is 20.4. The molecule has 1 atom stereocenters. The van der Waals surface area contributed by atoms with E-state index in [2.05, 4.69) is 0 Å². The highest BCUT2D eigenvalue weighted by atomic mass is 16.4. The Hall–Kier alpha value is -2.12. The number of carboxylic acids is 4. The molecule has 0 aliphatic heterocycles. The molecule has 0 heterocycles. The lowest BCUT2D eigenvalue weighted by Gasteiger charge is -2.02. The topological polar surface area (TPSA) is 149 Å². The van der Waals surface area contributed by atoms with Crippen LogP contribution in [-0.2, 0) is 19.2 Å². The summed E-state index contributed by atoms with van der Waals surface area (Å²) in [6.45, 7) is 1.57. The zero-order valence-corrected chi connectivity index (χ0v) is 11.9. The molecule has 8 nitrogen and oxygen atoms in total. The van der Waals surface area contributed by atoms with Gasteiger partial charge in [0.05, 0.1) is 5.92 Å². The number of unbranched alkanes of at least 4 members (excludes halogenated alkanes) is 1. The van der Waals surface area contributed by atoms with Crippen LogP contribution in [0.2, 0.25) is 0 Å². The van der Waals surface area contributed by atoms with E-state index in [0.29, 0.717) is 25.7 Å². The monoisotopic (exact) mass is 306 g/mol. The molecule has 8 heteroatoms. The zero-order valence-electron chi connectivity index (χ0n) is 11.9. The van der Waals surface area contributed by atoms with Crippen LogP contribution < -0.4 is 0 Å². The van der Waals surface area contributed by atoms with E-state index in [4.69, 9.17) is 20.4 Å². The molecule has 1 unspecified atom stereocenters. The van der Waals surface area contributed by atoms with Crippen molar-refractivity contribution in [3.8, 4) is 0 Å². The van der Waals surface area contributed by atoms with Crippen molar-refractivity contribution >= 4 is 23.9 Å². The van der Waals surface area contributed by atoms with Crippen LogP contribution in [-0.4, -0.2) is 44.3 Å². The molecular formula is C13H22O8. The van der Waals surface area contributed by atoms with Crippen molar-refractivity contribution in [2.75, 3.05) is 0 Å². The number of carbonyl (C=O) groups is 4. The Morgan fingerprint density at radius 1 is 0.714 bits per heavy atom. The van der Waals surface area contributed by atoms with Gasteiger partial charge >= 0.3 is 23.9 Å². The van der Waals surface area contributed by atoms with E-state index in [1.807, 2.05) is 0 Å². The SMILES string of the molecule is CC(CCCC(=O)O)C(=O)O.O=C(O)CCCCC(=O)O. The third-order valence-electron chi connectivity index (χ3n) is 2.48. The van der Waals surface area contributed by atoms with Gasteiger partial charge in [-0.3, -0.25) is 19.2 Å². The van der Waals surface area contributed by atoms with Crippen LogP contribution in [0.4, 0.5) is 0 Å². The minimum atomic E-state index is -0.873. The second kappa shape index (κ2) is 12.9. The number of hydrogen-bond acceptors (Lipinski definition) is 4. The summed E-state index contributed by atoms with van der Waals surface area (Å²) in [5.41, 5.74) is 0. The number of hydrogen-bond donors (Lipinski definition) is 4. The van der Waals surface area contributed by atoms with Gasteiger partial charge in [-0.05, 0) is 25.7 Å². The molecule has 122 valence electrons. The van der Waals surface area contributed by atoms with Crippen molar-refractivity contribution in [1.29, 1.82) is 0 Å². The van der Waals surface area contributed by atoms with E-state index < -0.39 is 29.8 Å². The molecule has 0 aliphatic carbocycles. The highest BCUT2D eigenvalue weighted by Crippen LogP contribution is 2.07. The predicted octanol–water partition coefficient (Wildman–Crippen LogP) is 1.68. The highest BCUT2D eigenvalue weighted by molar-refractivity contribution is 5.70. The second-order valence-corrected chi connectivity index (χ2v) is 4.52. The molecule has 0 spiro atoms. The molecule has 0 bridgehead atoms. The fraction of sp³-hybridized carbons (Fsp3) is 0.692. The van der Waals surface area contributed by atoms with Crippen molar-refractivity contribution in [3.05, 3.63) is 0 Å². The van der Waals surface area contributed by atoms with E-state index in [1.165, 1.54) is 0 Å². The Bertz CT molecular complexity index is 334. The first-order valence-corrected chi connectivity index (χ1v) is 6.55. The average Bonchev–Trinajstić information content (AvgIpc) is 2.34. The largest absolute Gasteiger partial charge is 0.481 e. The Morgan fingerprint density at radius 2 is 1.05 bits per heavy atom. The number of rotatable bonds is 10. The van der Waals surface area contributed by atoms with Gasteiger partial charge in [0.2, 0.25) is 0 Å². The summed E-state index contributed by atoms with van der Waals surface area (Å²) in [5.74, 6) is -3.91. The van der Waals surface area contributed by atoms with E-state index in [1.54, 1.807) is 6.92 Å². The summed E-state index contributed by atoms with van der Waals surface area (Å²) in [6.07, 6.45) is 1.94. The summed E-state index contributed by atoms with van der Waals surface area (Å²) in [4.78, 5) is 40.0. The standard InChI is InChI=1S/C7H12O4.C6H10O4/c1-5(7(10)11)3-2-4-6(8)9;7-5(8)3-1-2-4-6(9)10/h5H,2-4H2,1H3,(H,8,9)(H,10,11);1-4H2,(H,7,8)(H,9,10). The van der Waals surface area contributed by atoms with Crippen LogP contribution in [0.5, 0.6) is 0 Å². The van der Waals surface area contributed by atoms with Gasteiger partial charge in [0, 0.05) is 19.3 Å². The maximum atomic E-state index is 10.2. The van der Waals surface area contributed by atoms with Gasteiger partial charge in [-0.1, -0.05) is 6.92 Å². The molecule has 0 aromatic heterocycles. The molecule has 0 aromatic carbocycles. The first-order valence-electron chi connectivity index (χ1n) is 6.55. The lowest BCUT2D eigenvalue weighted by atomic mass is 10.1. The smallest absolute Gasteiger partial charge is 0.306 e. The molecular weight excluding hydrogens is 284 g/mol. The first-order chi connectivity index (χ1) is 9.66. The molecule has 21 heavy (non-hydrogen) atoms. The summed E-state index contributed by atoms with van der Waals surface area (Å²) >= 11 is 0. The molecule has 0 saturated carbocycles. The average molecular weight is 306 g/mol. The number of carboxylic acid groups (broad SMARTS) is 4. The van der Waals surface area contributed by atoms with Crippen molar-refractivity contribution in [2.45, 2.75) is 51.9 Å². The normalized spacial score (nSPS) is 10.9. The molecule has 0 fully saturated rings. The van der Waals surface area contributed by atoms with Gasteiger partial charge in [-0.25, -0.2) is 0 Å². The minimum absolute atomic E-state index is 0.0532. The maximum absolute atomic E-state index is 10.2. The molecule has 0 aliphatic rings. The highest BCUT2D eigenvalue weighted by Gasteiger charge is 2.10. The summed E-state index contributed by atoms with van der Waals surface area (Å²) < 4.78 is 0.